The lowest BCUT2D eigenvalue weighted by molar-refractivity contribution is 0.168. The fourth-order valence-electron chi connectivity index (χ4n) is 2.32. The molecule has 1 atom stereocenters. The Labute approximate surface area is 105 Å². The molecule has 1 aromatic rings. The van der Waals surface area contributed by atoms with Crippen LogP contribution in [0.25, 0.3) is 0 Å². The van der Waals surface area contributed by atoms with E-state index in [4.69, 9.17) is 0 Å². The van der Waals surface area contributed by atoms with E-state index in [1.54, 1.807) is 0 Å². The van der Waals surface area contributed by atoms with E-state index in [1.807, 2.05) is 12.3 Å². The molecule has 2 rings (SSSR count). The Kier molecular flexibility index (Phi) is 4.32. The van der Waals surface area contributed by atoms with Crippen LogP contribution in [0.4, 0.5) is 0 Å². The van der Waals surface area contributed by atoms with Gasteiger partial charge in [-0.3, -0.25) is 4.90 Å². The summed E-state index contributed by atoms with van der Waals surface area (Å²) in [5.74, 6) is 0. The second-order valence-electron chi connectivity index (χ2n) is 4.09. The Balaban J connectivity index is 2.18. The first-order valence-electron chi connectivity index (χ1n) is 5.88. The summed E-state index contributed by atoms with van der Waals surface area (Å²) in [5, 5.41) is 3.39. The molecule has 0 amide bonds. The molecule has 1 N–H and O–H groups in total. The summed E-state index contributed by atoms with van der Waals surface area (Å²) in [6.07, 6.45) is 2.96. The van der Waals surface area contributed by atoms with E-state index in [0.29, 0.717) is 6.04 Å². The zero-order chi connectivity index (χ0) is 11.4. The van der Waals surface area contributed by atoms with Gasteiger partial charge in [-0.15, -0.1) is 0 Å². The molecule has 1 fully saturated rings. The topological polar surface area (TPSA) is 28.2 Å². The van der Waals surface area contributed by atoms with Gasteiger partial charge in [0.15, 0.2) is 0 Å². The third-order valence-corrected chi connectivity index (χ3v) is 3.79. The van der Waals surface area contributed by atoms with E-state index >= 15 is 0 Å². The summed E-state index contributed by atoms with van der Waals surface area (Å²) in [7, 11) is 0. The minimum atomic E-state index is 0.491. The van der Waals surface area contributed by atoms with Gasteiger partial charge in [-0.05, 0) is 28.4 Å². The van der Waals surface area contributed by atoms with E-state index in [2.05, 4.69) is 44.1 Å². The maximum Gasteiger partial charge on any atom is 0.110 e. The normalized spacial score (nSPS) is 19.6. The third kappa shape index (κ3) is 2.62. The highest BCUT2D eigenvalue weighted by atomic mass is 79.9. The van der Waals surface area contributed by atoms with Crippen LogP contribution in [-0.4, -0.2) is 36.1 Å². The van der Waals surface area contributed by atoms with Crippen molar-refractivity contribution in [1.29, 1.82) is 0 Å². The van der Waals surface area contributed by atoms with E-state index in [9.17, 15) is 0 Å². The highest BCUT2D eigenvalue weighted by Crippen LogP contribution is 2.28. The van der Waals surface area contributed by atoms with Gasteiger partial charge >= 0.3 is 0 Å². The summed E-state index contributed by atoms with van der Waals surface area (Å²) in [4.78, 5) is 6.86. The third-order valence-electron chi connectivity index (χ3n) is 3.13. The summed E-state index contributed by atoms with van der Waals surface area (Å²) in [6.45, 7) is 6.68. The smallest absolute Gasteiger partial charge is 0.110 e. The molecule has 0 bridgehead atoms. The van der Waals surface area contributed by atoms with Crippen LogP contribution in [0.15, 0.2) is 22.9 Å². The highest BCUT2D eigenvalue weighted by molar-refractivity contribution is 9.10. The van der Waals surface area contributed by atoms with E-state index in [1.165, 1.54) is 5.56 Å². The maximum atomic E-state index is 4.32. The number of pyridine rings is 1. The van der Waals surface area contributed by atoms with Crippen molar-refractivity contribution in [2.24, 2.45) is 0 Å². The second-order valence-corrected chi connectivity index (χ2v) is 4.84. The zero-order valence-corrected chi connectivity index (χ0v) is 11.2. The average Bonchev–Trinajstić information content (AvgIpc) is 2.34. The van der Waals surface area contributed by atoms with Crippen molar-refractivity contribution < 1.29 is 0 Å². The zero-order valence-electron chi connectivity index (χ0n) is 9.62. The molecule has 4 heteroatoms. The fraction of sp³-hybridized carbons (Fsp3) is 0.583. The summed E-state index contributed by atoms with van der Waals surface area (Å²) >= 11 is 3.55. The Morgan fingerprint density at radius 1 is 1.50 bits per heavy atom. The Hall–Kier alpha value is -0.450. The van der Waals surface area contributed by atoms with Gasteiger partial charge in [0.1, 0.15) is 4.60 Å². The largest absolute Gasteiger partial charge is 0.314 e. The van der Waals surface area contributed by atoms with Crippen LogP contribution in [0.5, 0.6) is 0 Å². The molecule has 88 valence electrons. The molecule has 0 saturated carbocycles. The van der Waals surface area contributed by atoms with Crippen molar-refractivity contribution in [2.45, 2.75) is 19.4 Å². The van der Waals surface area contributed by atoms with Crippen LogP contribution >= 0.6 is 15.9 Å². The number of aromatic nitrogens is 1. The molecule has 0 spiro atoms. The number of piperazine rings is 1. The van der Waals surface area contributed by atoms with Crippen molar-refractivity contribution in [1.82, 2.24) is 15.2 Å². The van der Waals surface area contributed by atoms with Gasteiger partial charge in [-0.2, -0.15) is 0 Å². The van der Waals surface area contributed by atoms with Crippen LogP contribution in [0.2, 0.25) is 0 Å². The number of nitrogens with zero attached hydrogens (tertiary/aromatic N) is 2. The molecule has 0 unspecified atom stereocenters. The van der Waals surface area contributed by atoms with E-state index < -0.39 is 0 Å². The van der Waals surface area contributed by atoms with Crippen LogP contribution in [-0.2, 0) is 0 Å². The minimum Gasteiger partial charge on any atom is -0.314 e. The second kappa shape index (κ2) is 5.75. The quantitative estimate of drug-likeness (QED) is 0.863. The molecule has 1 saturated heterocycles. The Bertz CT molecular complexity index is 337. The molecule has 16 heavy (non-hydrogen) atoms. The molecule has 1 aliphatic rings. The lowest BCUT2D eigenvalue weighted by Gasteiger charge is -2.34. The van der Waals surface area contributed by atoms with Crippen LogP contribution in [0, 0.1) is 0 Å². The molecule has 1 aliphatic heterocycles. The molecule has 0 aromatic carbocycles. The number of rotatable bonds is 3. The molecular formula is C12H18BrN3. The van der Waals surface area contributed by atoms with Crippen molar-refractivity contribution in [3.63, 3.8) is 0 Å². The summed E-state index contributed by atoms with van der Waals surface area (Å²) in [5.41, 5.74) is 1.31. The summed E-state index contributed by atoms with van der Waals surface area (Å²) < 4.78 is 0.986. The van der Waals surface area contributed by atoms with Crippen molar-refractivity contribution in [3.05, 3.63) is 28.5 Å². The molecule has 1 aromatic heterocycles. The van der Waals surface area contributed by atoms with Crippen LogP contribution in [0.3, 0.4) is 0 Å². The first-order valence-corrected chi connectivity index (χ1v) is 6.67. The van der Waals surface area contributed by atoms with Crippen molar-refractivity contribution in [2.75, 3.05) is 26.2 Å². The lowest BCUT2D eigenvalue weighted by atomic mass is 10.0. The van der Waals surface area contributed by atoms with Crippen LogP contribution < -0.4 is 5.32 Å². The van der Waals surface area contributed by atoms with Gasteiger partial charge in [0.2, 0.25) is 0 Å². The van der Waals surface area contributed by atoms with Crippen LogP contribution in [0.1, 0.15) is 24.9 Å². The predicted octanol–water partition coefficient (Wildman–Crippen LogP) is 2.20. The van der Waals surface area contributed by atoms with Crippen molar-refractivity contribution in [3.8, 4) is 0 Å². The van der Waals surface area contributed by atoms with E-state index in [0.717, 1.165) is 37.2 Å². The fourth-order valence-corrected chi connectivity index (χ4v) is 2.83. The molecule has 0 radical (unpaired) electrons. The number of halogens is 1. The minimum absolute atomic E-state index is 0.491. The first-order chi connectivity index (χ1) is 7.83. The molecule has 0 aliphatic carbocycles. The standard InChI is InChI=1S/C12H18BrN3/c1-2-11(16-8-6-14-7-9-16)10-4-3-5-15-12(10)13/h3-5,11,14H,2,6-9H2,1H3/t11-/m0/s1. The average molecular weight is 284 g/mol. The maximum absolute atomic E-state index is 4.32. The SMILES string of the molecule is CC[C@@H](c1cccnc1Br)N1CCNCC1. The van der Waals surface area contributed by atoms with Gasteiger partial charge in [0, 0.05) is 44.0 Å². The van der Waals surface area contributed by atoms with Gasteiger partial charge < -0.3 is 5.32 Å². The van der Waals surface area contributed by atoms with Gasteiger partial charge in [0.05, 0.1) is 0 Å². The monoisotopic (exact) mass is 283 g/mol. The van der Waals surface area contributed by atoms with Gasteiger partial charge in [-0.25, -0.2) is 4.98 Å². The lowest BCUT2D eigenvalue weighted by Crippen LogP contribution is -2.45. The predicted molar refractivity (Wildman–Crippen MR) is 69.4 cm³/mol. The number of hydrogen-bond acceptors (Lipinski definition) is 3. The van der Waals surface area contributed by atoms with Gasteiger partial charge in [0.25, 0.3) is 0 Å². The Morgan fingerprint density at radius 2 is 2.25 bits per heavy atom. The number of hydrogen-bond donors (Lipinski definition) is 1. The highest BCUT2D eigenvalue weighted by Gasteiger charge is 2.22. The molecule has 2 heterocycles. The summed E-state index contributed by atoms with van der Waals surface area (Å²) in [6, 6.07) is 4.68. The molecule has 3 nitrogen and oxygen atoms in total. The van der Waals surface area contributed by atoms with Crippen molar-refractivity contribution >= 4 is 15.9 Å². The van der Waals surface area contributed by atoms with E-state index in [-0.39, 0.29) is 0 Å². The number of nitrogens with one attached hydrogen (secondary N) is 1. The van der Waals surface area contributed by atoms with Gasteiger partial charge in [-0.1, -0.05) is 13.0 Å². The Morgan fingerprint density at radius 3 is 2.88 bits per heavy atom. The molecular weight excluding hydrogens is 266 g/mol. The first kappa shape index (κ1) is 12.0.